The van der Waals surface area contributed by atoms with E-state index in [0.29, 0.717) is 6.04 Å². The molecule has 3 atom stereocenters. The second-order valence-electron chi connectivity index (χ2n) is 6.85. The number of hydrogen-bond donors (Lipinski definition) is 1. The largest absolute Gasteiger partial charge is 0.380 e. The lowest BCUT2D eigenvalue weighted by atomic mass is 9.95. The first kappa shape index (κ1) is 12.9. The van der Waals surface area contributed by atoms with E-state index in [0.717, 1.165) is 37.1 Å². The maximum atomic E-state index is 5.61. The Kier molecular flexibility index (Phi) is 3.92. The highest BCUT2D eigenvalue weighted by molar-refractivity contribution is 4.97. The fourth-order valence-electron chi connectivity index (χ4n) is 3.65. The van der Waals surface area contributed by atoms with Gasteiger partial charge in [0.2, 0.25) is 0 Å². The van der Waals surface area contributed by atoms with E-state index in [1.54, 1.807) is 0 Å². The van der Waals surface area contributed by atoms with Gasteiger partial charge in [-0.1, -0.05) is 13.8 Å². The molecule has 3 fully saturated rings. The van der Waals surface area contributed by atoms with Crippen molar-refractivity contribution in [1.29, 1.82) is 0 Å². The van der Waals surface area contributed by atoms with Crippen LogP contribution in [0, 0.1) is 11.8 Å². The van der Waals surface area contributed by atoms with Gasteiger partial charge >= 0.3 is 0 Å². The van der Waals surface area contributed by atoms with Crippen molar-refractivity contribution in [1.82, 2.24) is 10.2 Å². The van der Waals surface area contributed by atoms with Gasteiger partial charge in [-0.05, 0) is 37.5 Å². The summed E-state index contributed by atoms with van der Waals surface area (Å²) in [5.41, 5.74) is 0. The molecular weight excluding hydrogens is 224 g/mol. The summed E-state index contributed by atoms with van der Waals surface area (Å²) in [5.74, 6) is 1.76. The van der Waals surface area contributed by atoms with Crippen LogP contribution in [0.3, 0.4) is 0 Å². The molecule has 1 N–H and O–H groups in total. The number of ether oxygens (including phenoxy) is 1. The second-order valence-corrected chi connectivity index (χ2v) is 6.85. The molecule has 0 aromatic heterocycles. The monoisotopic (exact) mass is 252 g/mol. The summed E-state index contributed by atoms with van der Waals surface area (Å²) in [6.45, 7) is 9.07. The molecule has 3 rings (SSSR count). The summed E-state index contributed by atoms with van der Waals surface area (Å²) >= 11 is 0. The standard InChI is InChI=1S/C15H28N2O/c1-11(2)7-14-8-16-15(12-3-4-12)9-17(14)13-5-6-18-10-13/h11-16H,3-10H2,1-2H3. The molecule has 0 spiro atoms. The van der Waals surface area contributed by atoms with Crippen molar-refractivity contribution >= 4 is 0 Å². The Bertz CT molecular complexity index is 272. The van der Waals surface area contributed by atoms with E-state index in [-0.39, 0.29) is 0 Å². The van der Waals surface area contributed by atoms with E-state index in [9.17, 15) is 0 Å². The summed E-state index contributed by atoms with van der Waals surface area (Å²) in [6, 6.07) is 2.18. The molecule has 0 aromatic rings. The molecule has 3 unspecified atom stereocenters. The van der Waals surface area contributed by atoms with Crippen molar-refractivity contribution in [3.8, 4) is 0 Å². The zero-order valence-corrected chi connectivity index (χ0v) is 11.9. The molecule has 1 aliphatic carbocycles. The van der Waals surface area contributed by atoms with Crippen LogP contribution in [0.4, 0.5) is 0 Å². The molecule has 3 nitrogen and oxygen atoms in total. The Morgan fingerprint density at radius 2 is 2.11 bits per heavy atom. The van der Waals surface area contributed by atoms with Crippen molar-refractivity contribution < 1.29 is 4.74 Å². The second kappa shape index (κ2) is 5.48. The zero-order valence-electron chi connectivity index (χ0n) is 11.9. The van der Waals surface area contributed by atoms with Gasteiger partial charge in [0.05, 0.1) is 6.61 Å². The highest BCUT2D eigenvalue weighted by Crippen LogP contribution is 2.35. The summed E-state index contributed by atoms with van der Waals surface area (Å²) in [6.07, 6.45) is 5.45. The van der Waals surface area contributed by atoms with Crippen LogP contribution < -0.4 is 5.32 Å². The third kappa shape index (κ3) is 2.89. The van der Waals surface area contributed by atoms with Crippen LogP contribution in [0.1, 0.15) is 39.5 Å². The highest BCUT2D eigenvalue weighted by Gasteiger charge is 2.40. The van der Waals surface area contributed by atoms with E-state index >= 15 is 0 Å². The van der Waals surface area contributed by atoms with Crippen molar-refractivity contribution in [2.24, 2.45) is 11.8 Å². The molecule has 18 heavy (non-hydrogen) atoms. The van der Waals surface area contributed by atoms with E-state index in [4.69, 9.17) is 4.74 Å². The number of nitrogens with zero attached hydrogens (tertiary/aromatic N) is 1. The Hall–Kier alpha value is -0.120. The average Bonchev–Trinajstić information content (AvgIpc) is 3.04. The minimum Gasteiger partial charge on any atom is -0.380 e. The normalized spacial score (nSPS) is 38.5. The SMILES string of the molecule is CC(C)CC1CNC(C2CC2)CN1C1CCOC1. The van der Waals surface area contributed by atoms with Crippen molar-refractivity contribution in [3.05, 3.63) is 0 Å². The van der Waals surface area contributed by atoms with Crippen LogP contribution in [0.15, 0.2) is 0 Å². The summed E-state index contributed by atoms with van der Waals surface area (Å²) in [7, 11) is 0. The van der Waals surface area contributed by atoms with E-state index in [1.807, 2.05) is 0 Å². The maximum Gasteiger partial charge on any atom is 0.0622 e. The van der Waals surface area contributed by atoms with Gasteiger partial charge in [-0.25, -0.2) is 0 Å². The van der Waals surface area contributed by atoms with Gasteiger partial charge < -0.3 is 10.1 Å². The van der Waals surface area contributed by atoms with Crippen LogP contribution >= 0.6 is 0 Å². The zero-order chi connectivity index (χ0) is 12.5. The first-order valence-corrected chi connectivity index (χ1v) is 7.81. The molecule has 2 heterocycles. The van der Waals surface area contributed by atoms with E-state index < -0.39 is 0 Å². The fraction of sp³-hybridized carbons (Fsp3) is 1.00. The Morgan fingerprint density at radius 3 is 2.72 bits per heavy atom. The Morgan fingerprint density at radius 1 is 1.28 bits per heavy atom. The van der Waals surface area contributed by atoms with Gasteiger partial charge in [0.25, 0.3) is 0 Å². The molecule has 2 aliphatic heterocycles. The van der Waals surface area contributed by atoms with E-state index in [1.165, 1.54) is 38.8 Å². The molecule has 104 valence electrons. The van der Waals surface area contributed by atoms with Crippen molar-refractivity contribution in [2.45, 2.75) is 57.7 Å². The van der Waals surface area contributed by atoms with Gasteiger partial charge in [0, 0.05) is 37.8 Å². The average molecular weight is 252 g/mol. The number of rotatable bonds is 4. The number of piperazine rings is 1. The van der Waals surface area contributed by atoms with Crippen molar-refractivity contribution in [3.63, 3.8) is 0 Å². The van der Waals surface area contributed by atoms with Crippen LogP contribution in [-0.4, -0.2) is 49.3 Å². The molecule has 2 saturated heterocycles. The molecule has 0 bridgehead atoms. The van der Waals surface area contributed by atoms with Crippen LogP contribution in [-0.2, 0) is 4.74 Å². The lowest BCUT2D eigenvalue weighted by molar-refractivity contribution is 0.0555. The Labute approximate surface area is 111 Å². The van der Waals surface area contributed by atoms with Gasteiger partial charge in [0.15, 0.2) is 0 Å². The molecule has 0 aromatic carbocycles. The smallest absolute Gasteiger partial charge is 0.0622 e. The third-order valence-corrected chi connectivity index (χ3v) is 4.80. The first-order valence-electron chi connectivity index (χ1n) is 7.81. The first-order chi connectivity index (χ1) is 8.74. The maximum absolute atomic E-state index is 5.61. The topological polar surface area (TPSA) is 24.5 Å². The number of nitrogens with one attached hydrogen (secondary N) is 1. The molecule has 0 amide bonds. The summed E-state index contributed by atoms with van der Waals surface area (Å²) in [5, 5.41) is 3.81. The molecule has 3 aliphatic rings. The minimum atomic E-state index is 0.692. The molecular formula is C15H28N2O. The van der Waals surface area contributed by atoms with Crippen molar-refractivity contribution in [2.75, 3.05) is 26.3 Å². The number of hydrogen-bond acceptors (Lipinski definition) is 3. The van der Waals surface area contributed by atoms with Crippen LogP contribution in [0.25, 0.3) is 0 Å². The Balaban J connectivity index is 1.64. The molecule has 0 radical (unpaired) electrons. The minimum absolute atomic E-state index is 0.692. The van der Waals surface area contributed by atoms with Gasteiger partial charge in [-0.3, -0.25) is 4.90 Å². The van der Waals surface area contributed by atoms with Gasteiger partial charge in [0.1, 0.15) is 0 Å². The van der Waals surface area contributed by atoms with Gasteiger partial charge in [-0.15, -0.1) is 0 Å². The lowest BCUT2D eigenvalue weighted by Crippen LogP contribution is -2.60. The molecule has 1 saturated carbocycles. The molecule has 3 heteroatoms. The quantitative estimate of drug-likeness (QED) is 0.827. The highest BCUT2D eigenvalue weighted by atomic mass is 16.5. The summed E-state index contributed by atoms with van der Waals surface area (Å²) in [4.78, 5) is 2.78. The third-order valence-electron chi connectivity index (χ3n) is 4.80. The van der Waals surface area contributed by atoms with Gasteiger partial charge in [-0.2, -0.15) is 0 Å². The summed E-state index contributed by atoms with van der Waals surface area (Å²) < 4.78 is 5.61. The van der Waals surface area contributed by atoms with Crippen LogP contribution in [0.2, 0.25) is 0 Å². The predicted octanol–water partition coefficient (Wildman–Crippen LogP) is 1.87. The van der Waals surface area contributed by atoms with Crippen LogP contribution in [0.5, 0.6) is 0 Å². The fourth-order valence-corrected chi connectivity index (χ4v) is 3.65. The lowest BCUT2D eigenvalue weighted by Gasteiger charge is -2.44. The van der Waals surface area contributed by atoms with E-state index in [2.05, 4.69) is 24.1 Å². The predicted molar refractivity (Wildman–Crippen MR) is 73.7 cm³/mol.